The maximum Gasteiger partial charge on any atom is 0.258 e. The number of nitrogens with one attached hydrogen (secondary N) is 1. The monoisotopic (exact) mass is 697 g/mol. The summed E-state index contributed by atoms with van der Waals surface area (Å²) >= 11 is 6.26. The number of carbonyl (C=O) groups is 3. The lowest BCUT2D eigenvalue weighted by Gasteiger charge is -2.29. The fourth-order valence-corrected chi connectivity index (χ4v) is 6.74. The highest BCUT2D eigenvalue weighted by atomic mass is 35.5. The lowest BCUT2D eigenvalue weighted by Crippen LogP contribution is -2.52. The summed E-state index contributed by atoms with van der Waals surface area (Å²) in [6, 6.07) is 24.1. The summed E-state index contributed by atoms with van der Waals surface area (Å²) in [5.74, 6) is -0.657. The molecule has 0 radical (unpaired) electrons. The molecule has 0 aromatic heterocycles. The fourth-order valence-electron chi connectivity index (χ4n) is 6.55. The van der Waals surface area contributed by atoms with Crippen molar-refractivity contribution < 1.29 is 33.7 Å². The molecule has 2 aliphatic heterocycles. The summed E-state index contributed by atoms with van der Waals surface area (Å²) in [6.45, 7) is 1.44. The first-order chi connectivity index (χ1) is 24.1. The van der Waals surface area contributed by atoms with Crippen molar-refractivity contribution >= 4 is 40.5 Å². The van der Waals surface area contributed by atoms with Crippen LogP contribution in [-0.4, -0.2) is 69.9 Å². The molecule has 1 saturated heterocycles. The molecular formula is C39H37ClFN3O6. The lowest BCUT2D eigenvalue weighted by atomic mass is 9.88. The number of fused-ring (bicyclic) bond motifs is 1. The number of piperidine rings is 1. The Morgan fingerprint density at radius 1 is 0.940 bits per heavy atom. The van der Waals surface area contributed by atoms with Gasteiger partial charge >= 0.3 is 0 Å². The van der Waals surface area contributed by atoms with Gasteiger partial charge in [0.1, 0.15) is 35.7 Å². The van der Waals surface area contributed by atoms with Crippen molar-refractivity contribution in [3.63, 3.8) is 0 Å². The molecule has 1 unspecified atom stereocenters. The first-order valence-corrected chi connectivity index (χ1v) is 16.9. The zero-order valence-corrected chi connectivity index (χ0v) is 28.3. The number of phenols is 2. The Kier molecular flexibility index (Phi) is 10.5. The molecule has 3 amide bonds. The van der Waals surface area contributed by atoms with Crippen LogP contribution in [0, 0.1) is 5.82 Å². The van der Waals surface area contributed by atoms with E-state index in [0.29, 0.717) is 48.9 Å². The van der Waals surface area contributed by atoms with Crippen molar-refractivity contribution in [2.24, 2.45) is 0 Å². The number of hydrogen-bond donors (Lipinski definition) is 3. The number of allylic oxidation sites excluding steroid dienone is 1. The van der Waals surface area contributed by atoms with Crippen molar-refractivity contribution in [1.82, 2.24) is 15.1 Å². The molecule has 4 aromatic carbocycles. The average molecular weight is 698 g/mol. The Labute approximate surface area is 294 Å². The minimum Gasteiger partial charge on any atom is -0.508 e. The molecule has 9 nitrogen and oxygen atoms in total. The minimum atomic E-state index is -0.799. The number of nitrogens with zero attached hydrogens (tertiary/aromatic N) is 2. The van der Waals surface area contributed by atoms with Gasteiger partial charge in [-0.1, -0.05) is 42.5 Å². The fraction of sp³-hybridized carbons (Fsp3) is 0.256. The number of carbonyl (C=O) groups excluding carboxylic acids is 3. The second kappa shape index (κ2) is 15.1. The van der Waals surface area contributed by atoms with Gasteiger partial charge in [0.05, 0.1) is 5.56 Å². The second-order valence-electron chi connectivity index (χ2n) is 12.5. The molecule has 1 atom stereocenters. The van der Waals surface area contributed by atoms with Crippen LogP contribution in [0.4, 0.5) is 4.39 Å². The van der Waals surface area contributed by atoms with E-state index in [9.17, 15) is 24.6 Å². The number of benzene rings is 4. The Morgan fingerprint density at radius 2 is 1.56 bits per heavy atom. The highest BCUT2D eigenvalue weighted by Gasteiger charge is 2.40. The van der Waals surface area contributed by atoms with Crippen LogP contribution in [0.15, 0.2) is 84.9 Å². The number of hydrogen-bond acceptors (Lipinski definition) is 7. The van der Waals surface area contributed by atoms with E-state index in [-0.39, 0.29) is 42.4 Å². The van der Waals surface area contributed by atoms with E-state index in [4.69, 9.17) is 16.3 Å². The van der Waals surface area contributed by atoms with Crippen molar-refractivity contribution in [3.05, 3.63) is 124 Å². The van der Waals surface area contributed by atoms with Crippen molar-refractivity contribution in [2.45, 2.75) is 38.4 Å². The topological polar surface area (TPSA) is 119 Å². The minimum absolute atomic E-state index is 0.0193. The van der Waals surface area contributed by atoms with Gasteiger partial charge in [-0.25, -0.2) is 4.39 Å². The van der Waals surface area contributed by atoms with Gasteiger partial charge in [0.2, 0.25) is 11.8 Å². The summed E-state index contributed by atoms with van der Waals surface area (Å²) in [4.78, 5) is 40.3. The third-order valence-corrected chi connectivity index (χ3v) is 9.18. The highest BCUT2D eigenvalue weighted by molar-refractivity contribution is 6.18. The maximum absolute atomic E-state index is 15.2. The smallest absolute Gasteiger partial charge is 0.258 e. The van der Waals surface area contributed by atoms with Gasteiger partial charge in [-0.2, -0.15) is 0 Å². The zero-order valence-electron chi connectivity index (χ0n) is 27.5. The van der Waals surface area contributed by atoms with Crippen LogP contribution in [0.1, 0.15) is 57.4 Å². The summed E-state index contributed by atoms with van der Waals surface area (Å²) in [6.07, 6.45) is 0.931. The molecular weight excluding hydrogens is 661 g/mol. The van der Waals surface area contributed by atoms with E-state index in [2.05, 4.69) is 5.32 Å². The summed E-state index contributed by atoms with van der Waals surface area (Å²) in [7, 11) is 1.90. The van der Waals surface area contributed by atoms with E-state index < -0.39 is 23.7 Å². The summed E-state index contributed by atoms with van der Waals surface area (Å²) < 4.78 is 21.2. The molecule has 11 heteroatoms. The first-order valence-electron chi connectivity index (χ1n) is 16.4. The van der Waals surface area contributed by atoms with Gasteiger partial charge in [-0.3, -0.25) is 24.6 Å². The largest absolute Gasteiger partial charge is 0.508 e. The Morgan fingerprint density at radius 3 is 2.18 bits per heavy atom. The number of rotatable bonds is 12. The summed E-state index contributed by atoms with van der Waals surface area (Å²) in [5, 5.41) is 22.1. The predicted octanol–water partition coefficient (Wildman–Crippen LogP) is 6.10. The van der Waals surface area contributed by atoms with Gasteiger partial charge < -0.3 is 19.8 Å². The normalized spacial score (nSPS) is 16.4. The Balaban J connectivity index is 1.11. The number of imide groups is 1. The van der Waals surface area contributed by atoms with Crippen molar-refractivity contribution in [2.75, 3.05) is 26.1 Å². The standard InChI is InChI=1S/C39H37ClFN3O6/c1-43(22-24-20-28-23-44(39(49)37(28)33(41)21-24)34-14-15-35(47)42-38(34)48)18-19-50-31-12-6-27(7-13-31)36(26-4-10-30(46)11-5-26)32(16-17-40)25-2-8-29(45)9-3-25/h2-13,20-21,34,45-46H,14-19,22-23H2,1H3,(H,42,47,48)/b36-32+. The number of amides is 3. The van der Waals surface area contributed by atoms with E-state index in [1.807, 2.05) is 60.5 Å². The van der Waals surface area contributed by atoms with Crippen LogP contribution >= 0.6 is 11.6 Å². The number of halogens is 2. The molecule has 0 spiro atoms. The van der Waals surface area contributed by atoms with Crippen LogP contribution < -0.4 is 10.1 Å². The molecule has 3 N–H and O–H groups in total. The van der Waals surface area contributed by atoms with E-state index in [0.717, 1.165) is 27.8 Å². The number of phenolic OH excluding ortho intramolecular Hbond substituents is 2. The van der Waals surface area contributed by atoms with Gasteiger partial charge in [0.15, 0.2) is 0 Å². The van der Waals surface area contributed by atoms with Crippen molar-refractivity contribution in [1.29, 1.82) is 0 Å². The van der Waals surface area contributed by atoms with Crippen LogP contribution in [0.5, 0.6) is 17.2 Å². The van der Waals surface area contributed by atoms with Crippen LogP contribution in [0.3, 0.4) is 0 Å². The third-order valence-electron chi connectivity index (χ3n) is 8.99. The van der Waals surface area contributed by atoms with Crippen LogP contribution in [0.25, 0.3) is 11.1 Å². The van der Waals surface area contributed by atoms with Crippen LogP contribution in [0.2, 0.25) is 0 Å². The average Bonchev–Trinajstić information content (AvgIpc) is 3.42. The number of ether oxygens (including phenoxy) is 1. The molecule has 4 aromatic rings. The Bertz CT molecular complexity index is 1930. The SMILES string of the molecule is CN(CCOc1ccc(/C(=C(\CCCl)c2ccc(O)cc2)c2ccc(O)cc2)cc1)Cc1cc(F)c2c(c1)CN(C1CCC(=O)NC1=O)C2=O. The Hall–Kier alpha value is -5.19. The molecule has 2 heterocycles. The molecule has 2 aliphatic rings. The third kappa shape index (κ3) is 7.66. The molecule has 6 rings (SSSR count). The maximum atomic E-state index is 15.2. The zero-order chi connectivity index (χ0) is 35.4. The number of likely N-dealkylation sites (N-methyl/N-ethyl adjacent to an activating group) is 1. The molecule has 50 heavy (non-hydrogen) atoms. The molecule has 0 aliphatic carbocycles. The molecule has 258 valence electrons. The van der Waals surface area contributed by atoms with E-state index >= 15 is 4.39 Å². The number of aromatic hydroxyl groups is 2. The molecule has 0 bridgehead atoms. The van der Waals surface area contributed by atoms with Crippen LogP contribution in [-0.2, 0) is 22.7 Å². The van der Waals surface area contributed by atoms with Gasteiger partial charge in [0, 0.05) is 31.9 Å². The van der Waals surface area contributed by atoms with E-state index in [1.54, 1.807) is 30.3 Å². The number of alkyl halides is 1. The predicted molar refractivity (Wildman–Crippen MR) is 188 cm³/mol. The highest BCUT2D eigenvalue weighted by Crippen LogP contribution is 2.37. The first kappa shape index (κ1) is 34.7. The van der Waals surface area contributed by atoms with Gasteiger partial charge in [0.25, 0.3) is 5.91 Å². The summed E-state index contributed by atoms with van der Waals surface area (Å²) in [5.41, 5.74) is 5.92. The quantitative estimate of drug-likeness (QED) is 0.0931. The second-order valence-corrected chi connectivity index (χ2v) is 12.9. The van der Waals surface area contributed by atoms with Crippen molar-refractivity contribution in [3.8, 4) is 17.2 Å². The molecule has 1 fully saturated rings. The van der Waals surface area contributed by atoms with Gasteiger partial charge in [-0.05, 0) is 101 Å². The lowest BCUT2D eigenvalue weighted by molar-refractivity contribution is -0.136. The van der Waals surface area contributed by atoms with E-state index in [1.165, 1.54) is 11.0 Å². The molecule has 0 saturated carbocycles. The van der Waals surface area contributed by atoms with Gasteiger partial charge in [-0.15, -0.1) is 11.6 Å².